The molecule has 1 aromatic rings. The van der Waals surface area contributed by atoms with Crippen LogP contribution in [0.5, 0.6) is 0 Å². The minimum Gasteiger partial charge on any atom is -0.314 e. The maximum atomic E-state index is 4.18. The average Bonchev–Trinajstić information content (AvgIpc) is 2.87. The van der Waals surface area contributed by atoms with Crippen molar-refractivity contribution in [3.05, 3.63) is 18.0 Å². The second kappa shape index (κ2) is 4.58. The lowest BCUT2D eigenvalue weighted by Gasteiger charge is -2.20. The van der Waals surface area contributed by atoms with Gasteiger partial charge in [0.2, 0.25) is 0 Å². The Morgan fingerprint density at radius 1 is 1.56 bits per heavy atom. The van der Waals surface area contributed by atoms with E-state index in [1.807, 2.05) is 17.9 Å². The van der Waals surface area contributed by atoms with Gasteiger partial charge in [-0.25, -0.2) is 0 Å². The normalized spacial score (nSPS) is 19.7. The molecule has 1 aliphatic carbocycles. The van der Waals surface area contributed by atoms with Crippen LogP contribution in [0.2, 0.25) is 0 Å². The third-order valence-electron chi connectivity index (χ3n) is 3.94. The van der Waals surface area contributed by atoms with Crippen LogP contribution in [0.25, 0.3) is 0 Å². The zero-order chi connectivity index (χ0) is 11.6. The molecular formula is C13H23N3. The molecule has 1 unspecified atom stereocenters. The van der Waals surface area contributed by atoms with E-state index >= 15 is 0 Å². The van der Waals surface area contributed by atoms with Crippen LogP contribution in [-0.4, -0.2) is 22.4 Å². The summed E-state index contributed by atoms with van der Waals surface area (Å²) in [7, 11) is 1.97. The van der Waals surface area contributed by atoms with Gasteiger partial charge >= 0.3 is 0 Å². The Bertz CT molecular complexity index is 339. The summed E-state index contributed by atoms with van der Waals surface area (Å²) < 4.78 is 1.87. The van der Waals surface area contributed by atoms with Crippen LogP contribution in [-0.2, 0) is 13.5 Å². The van der Waals surface area contributed by atoms with Gasteiger partial charge in [-0.15, -0.1) is 0 Å². The molecule has 1 atom stereocenters. The van der Waals surface area contributed by atoms with Crippen LogP contribution in [0.4, 0.5) is 0 Å². The van der Waals surface area contributed by atoms with Crippen LogP contribution in [0, 0.1) is 5.41 Å². The maximum absolute atomic E-state index is 4.18. The molecule has 3 heteroatoms. The third kappa shape index (κ3) is 2.85. The van der Waals surface area contributed by atoms with Gasteiger partial charge < -0.3 is 5.32 Å². The van der Waals surface area contributed by atoms with Crippen molar-refractivity contribution in [1.82, 2.24) is 15.1 Å². The molecule has 0 radical (unpaired) electrons. The largest absolute Gasteiger partial charge is 0.314 e. The number of nitrogens with zero attached hydrogens (tertiary/aromatic N) is 2. The highest BCUT2D eigenvalue weighted by atomic mass is 15.2. The molecule has 1 fully saturated rings. The van der Waals surface area contributed by atoms with E-state index in [9.17, 15) is 0 Å². The molecule has 1 aromatic heterocycles. The van der Waals surface area contributed by atoms with E-state index < -0.39 is 0 Å². The first-order valence-corrected chi connectivity index (χ1v) is 6.31. The van der Waals surface area contributed by atoms with E-state index in [0.29, 0.717) is 11.5 Å². The lowest BCUT2D eigenvalue weighted by atomic mass is 10.0. The van der Waals surface area contributed by atoms with Gasteiger partial charge in [-0.3, -0.25) is 4.68 Å². The Balaban J connectivity index is 1.62. The van der Waals surface area contributed by atoms with Crippen LogP contribution in [0.1, 0.15) is 38.7 Å². The number of aryl methyl sites for hydroxylation is 2. The predicted molar refractivity (Wildman–Crippen MR) is 66.3 cm³/mol. The lowest BCUT2D eigenvalue weighted by molar-refractivity contribution is 0.380. The number of aromatic nitrogens is 2. The predicted octanol–water partition coefficient (Wildman–Crippen LogP) is 2.13. The minimum atomic E-state index is 0.592. The Hall–Kier alpha value is -0.830. The quantitative estimate of drug-likeness (QED) is 0.746. The highest BCUT2D eigenvalue weighted by Crippen LogP contribution is 2.47. The van der Waals surface area contributed by atoms with Gasteiger partial charge in [0.25, 0.3) is 0 Å². The van der Waals surface area contributed by atoms with Gasteiger partial charge in [0, 0.05) is 19.3 Å². The average molecular weight is 221 g/mol. The van der Waals surface area contributed by atoms with Gasteiger partial charge in [-0.2, -0.15) is 5.10 Å². The lowest BCUT2D eigenvalue weighted by Crippen LogP contribution is -2.34. The van der Waals surface area contributed by atoms with E-state index in [2.05, 4.69) is 30.5 Å². The third-order valence-corrected chi connectivity index (χ3v) is 3.94. The van der Waals surface area contributed by atoms with Crippen molar-refractivity contribution >= 4 is 0 Å². The Morgan fingerprint density at radius 2 is 2.31 bits per heavy atom. The second-order valence-corrected chi connectivity index (χ2v) is 5.46. The summed E-state index contributed by atoms with van der Waals surface area (Å²) in [4.78, 5) is 0. The highest BCUT2D eigenvalue weighted by molar-refractivity contribution is 5.03. The molecule has 1 heterocycles. The monoisotopic (exact) mass is 221 g/mol. The first-order valence-electron chi connectivity index (χ1n) is 6.31. The Kier molecular flexibility index (Phi) is 3.33. The number of nitrogens with one attached hydrogen (secondary N) is 1. The van der Waals surface area contributed by atoms with E-state index in [0.717, 1.165) is 13.0 Å². The summed E-state index contributed by atoms with van der Waals surface area (Å²) >= 11 is 0. The van der Waals surface area contributed by atoms with Crippen molar-refractivity contribution < 1.29 is 0 Å². The van der Waals surface area contributed by atoms with Crippen LogP contribution >= 0.6 is 0 Å². The Morgan fingerprint density at radius 3 is 2.88 bits per heavy atom. The minimum absolute atomic E-state index is 0.592. The van der Waals surface area contributed by atoms with Crippen LogP contribution in [0.15, 0.2) is 12.4 Å². The Labute approximate surface area is 98.2 Å². The zero-order valence-electron chi connectivity index (χ0n) is 10.7. The number of hydrogen-bond donors (Lipinski definition) is 1. The fourth-order valence-corrected chi connectivity index (χ4v) is 2.09. The SMILES string of the molecule is CC(NCCCc1cnn(C)c1)C1(C)CC1. The molecule has 0 bridgehead atoms. The van der Waals surface area contributed by atoms with Gasteiger partial charge in [0.15, 0.2) is 0 Å². The second-order valence-electron chi connectivity index (χ2n) is 5.46. The van der Waals surface area contributed by atoms with Gasteiger partial charge in [0.05, 0.1) is 6.20 Å². The van der Waals surface area contributed by atoms with Crippen molar-refractivity contribution in [2.24, 2.45) is 12.5 Å². The number of rotatable bonds is 6. The van der Waals surface area contributed by atoms with E-state index in [-0.39, 0.29) is 0 Å². The highest BCUT2D eigenvalue weighted by Gasteiger charge is 2.41. The van der Waals surface area contributed by atoms with E-state index in [1.165, 1.54) is 24.8 Å². The van der Waals surface area contributed by atoms with Crippen molar-refractivity contribution in [2.75, 3.05) is 6.54 Å². The summed E-state index contributed by atoms with van der Waals surface area (Å²) in [6.45, 7) is 5.81. The topological polar surface area (TPSA) is 29.9 Å². The molecule has 2 rings (SSSR count). The fourth-order valence-electron chi connectivity index (χ4n) is 2.09. The molecule has 1 N–H and O–H groups in total. The molecule has 0 spiro atoms. The van der Waals surface area contributed by atoms with Crippen molar-refractivity contribution in [3.8, 4) is 0 Å². The van der Waals surface area contributed by atoms with E-state index in [4.69, 9.17) is 0 Å². The molecule has 90 valence electrons. The first-order chi connectivity index (χ1) is 7.60. The smallest absolute Gasteiger partial charge is 0.0521 e. The fraction of sp³-hybridized carbons (Fsp3) is 0.769. The van der Waals surface area contributed by atoms with Crippen molar-refractivity contribution in [2.45, 2.75) is 45.6 Å². The molecular weight excluding hydrogens is 198 g/mol. The molecule has 0 aliphatic heterocycles. The molecule has 1 aliphatic rings. The number of hydrogen-bond acceptors (Lipinski definition) is 2. The molecule has 1 saturated carbocycles. The van der Waals surface area contributed by atoms with Crippen molar-refractivity contribution in [3.63, 3.8) is 0 Å². The van der Waals surface area contributed by atoms with E-state index in [1.54, 1.807) is 0 Å². The van der Waals surface area contributed by atoms with Gasteiger partial charge in [-0.05, 0) is 50.1 Å². The standard InChI is InChI=1S/C13H23N3/c1-11(13(2)6-7-13)14-8-4-5-12-9-15-16(3)10-12/h9-11,14H,4-8H2,1-3H3. The van der Waals surface area contributed by atoms with Gasteiger partial charge in [-0.1, -0.05) is 6.92 Å². The molecule has 0 amide bonds. The first kappa shape index (κ1) is 11.6. The summed E-state index contributed by atoms with van der Waals surface area (Å²) in [6, 6.07) is 0.668. The summed E-state index contributed by atoms with van der Waals surface area (Å²) in [5, 5.41) is 7.81. The summed E-state index contributed by atoms with van der Waals surface area (Å²) in [5.74, 6) is 0. The van der Waals surface area contributed by atoms with Crippen molar-refractivity contribution in [1.29, 1.82) is 0 Å². The van der Waals surface area contributed by atoms with Crippen LogP contribution < -0.4 is 5.32 Å². The summed E-state index contributed by atoms with van der Waals surface area (Å²) in [5.41, 5.74) is 1.93. The summed E-state index contributed by atoms with van der Waals surface area (Å²) in [6.07, 6.45) is 9.18. The molecule has 0 saturated heterocycles. The maximum Gasteiger partial charge on any atom is 0.0521 e. The van der Waals surface area contributed by atoms with Gasteiger partial charge in [0.1, 0.15) is 0 Å². The zero-order valence-corrected chi connectivity index (χ0v) is 10.7. The molecule has 0 aromatic carbocycles. The molecule has 16 heavy (non-hydrogen) atoms. The molecule has 3 nitrogen and oxygen atoms in total. The van der Waals surface area contributed by atoms with Crippen LogP contribution in [0.3, 0.4) is 0 Å².